The average Bonchev–Trinajstić information content (AvgIpc) is 2.46. The zero-order chi connectivity index (χ0) is 20.7. The van der Waals surface area contributed by atoms with Gasteiger partial charge in [0.05, 0.1) is 5.41 Å². The fraction of sp³-hybridized carbons (Fsp3) is 0.812. The molecule has 4 atom stereocenters. The van der Waals surface area contributed by atoms with E-state index in [9.17, 15) is 41.8 Å². The molecule has 0 radical (unpaired) electrons. The summed E-state index contributed by atoms with van der Waals surface area (Å²) < 4.78 is 67.8. The average molecular weight is 387 g/mol. The maximum absolute atomic E-state index is 13.6. The topological polar surface area (TPSA) is 87.0 Å². The van der Waals surface area contributed by atoms with E-state index in [-0.39, 0.29) is 6.42 Å². The van der Waals surface area contributed by atoms with Gasteiger partial charge in [0.1, 0.15) is 17.2 Å². The van der Waals surface area contributed by atoms with Crippen molar-refractivity contribution in [1.82, 2.24) is 0 Å². The molecular weight excluding hydrogens is 365 g/mol. The summed E-state index contributed by atoms with van der Waals surface area (Å²) in [7, 11) is 0. The van der Waals surface area contributed by atoms with Crippen LogP contribution in [0.15, 0.2) is 4.99 Å². The molecule has 0 bridgehead atoms. The van der Waals surface area contributed by atoms with Crippen LogP contribution in [0.4, 0.5) is 22.0 Å². The summed E-state index contributed by atoms with van der Waals surface area (Å²) in [6.45, 7) is 5.08. The molecule has 26 heavy (non-hydrogen) atoms. The molecule has 0 saturated carbocycles. The van der Waals surface area contributed by atoms with Crippen molar-refractivity contribution in [2.45, 2.75) is 59.2 Å². The largest absolute Gasteiger partial charge is 0.481 e. The Kier molecular flexibility index (Phi) is 6.10. The lowest BCUT2D eigenvalue weighted by molar-refractivity contribution is -0.174. The number of alkyl halides is 5. The quantitative estimate of drug-likeness (QED) is 0.678. The van der Waals surface area contributed by atoms with Crippen molar-refractivity contribution in [3.8, 4) is 0 Å². The van der Waals surface area contributed by atoms with E-state index in [2.05, 4.69) is 4.99 Å². The Morgan fingerprint density at radius 1 is 1.19 bits per heavy atom. The Bertz CT molecular complexity index is 604. The lowest BCUT2D eigenvalue weighted by Crippen LogP contribution is -2.65. The monoisotopic (exact) mass is 387 g/mol. The Balaban J connectivity index is 3.99. The lowest BCUT2D eigenvalue weighted by Gasteiger charge is -2.52. The van der Waals surface area contributed by atoms with E-state index in [0.717, 1.165) is 6.92 Å². The summed E-state index contributed by atoms with van der Waals surface area (Å²) in [6, 6.07) is -2.49. The van der Waals surface area contributed by atoms with Crippen LogP contribution in [0.1, 0.15) is 40.5 Å². The highest BCUT2D eigenvalue weighted by Crippen LogP contribution is 2.56. The molecule has 4 unspecified atom stereocenters. The first kappa shape index (κ1) is 22.3. The number of hydrogen-bond acceptors (Lipinski definition) is 3. The molecule has 0 saturated heterocycles. The molecular formula is C16H22F5NO4. The molecule has 2 N–H and O–H groups in total. The van der Waals surface area contributed by atoms with Gasteiger partial charge in [-0.15, -0.1) is 0 Å². The maximum Gasteiger partial charge on any atom is 0.430 e. The Morgan fingerprint density at radius 2 is 1.69 bits per heavy atom. The van der Waals surface area contributed by atoms with Crippen molar-refractivity contribution in [3.05, 3.63) is 0 Å². The van der Waals surface area contributed by atoms with Gasteiger partial charge in [0.15, 0.2) is 0 Å². The van der Waals surface area contributed by atoms with Crippen molar-refractivity contribution in [3.63, 3.8) is 0 Å². The van der Waals surface area contributed by atoms with Crippen molar-refractivity contribution in [2.24, 2.45) is 27.7 Å². The van der Waals surface area contributed by atoms with Gasteiger partial charge in [-0.05, 0) is 31.6 Å². The molecule has 0 spiro atoms. The van der Waals surface area contributed by atoms with Crippen LogP contribution in [0.3, 0.4) is 0 Å². The highest BCUT2D eigenvalue weighted by atomic mass is 19.4. The molecule has 0 aromatic heterocycles. The van der Waals surface area contributed by atoms with Gasteiger partial charge in [-0.1, -0.05) is 20.8 Å². The molecule has 0 aromatic rings. The van der Waals surface area contributed by atoms with Gasteiger partial charge < -0.3 is 10.2 Å². The van der Waals surface area contributed by atoms with Gasteiger partial charge in [0.25, 0.3) is 6.43 Å². The molecule has 0 fully saturated rings. The molecule has 150 valence electrons. The van der Waals surface area contributed by atoms with Crippen LogP contribution < -0.4 is 0 Å². The smallest absolute Gasteiger partial charge is 0.430 e. The van der Waals surface area contributed by atoms with Gasteiger partial charge in [-0.25, -0.2) is 8.78 Å². The van der Waals surface area contributed by atoms with Gasteiger partial charge in [-0.2, -0.15) is 13.2 Å². The second kappa shape index (κ2) is 7.11. The SMILES string of the molecule is CCC1(C(=O)O)C(C(F)F)N=C(C(F)(F)F)C(C)(C(=O)O)C1CC(C)C. The van der Waals surface area contributed by atoms with E-state index in [1.54, 1.807) is 13.8 Å². The third-order valence-electron chi connectivity index (χ3n) is 5.25. The van der Waals surface area contributed by atoms with E-state index >= 15 is 0 Å². The Hall–Kier alpha value is -1.74. The van der Waals surface area contributed by atoms with Crippen LogP contribution >= 0.6 is 0 Å². The van der Waals surface area contributed by atoms with Gasteiger partial charge in [0, 0.05) is 0 Å². The minimum Gasteiger partial charge on any atom is -0.481 e. The molecule has 1 aliphatic heterocycles. The third-order valence-corrected chi connectivity index (χ3v) is 5.25. The number of carboxylic acids is 2. The van der Waals surface area contributed by atoms with E-state index < -0.39 is 65.4 Å². The first-order valence-corrected chi connectivity index (χ1v) is 8.07. The number of nitrogens with zero attached hydrogens (tertiary/aromatic N) is 1. The number of carbonyl (C=O) groups is 2. The number of carboxylic acid groups (broad SMARTS) is 2. The highest BCUT2D eigenvalue weighted by molar-refractivity contribution is 6.10. The highest BCUT2D eigenvalue weighted by Gasteiger charge is 2.69. The lowest BCUT2D eigenvalue weighted by atomic mass is 9.52. The van der Waals surface area contributed by atoms with Crippen LogP contribution in [0, 0.1) is 22.7 Å². The van der Waals surface area contributed by atoms with Crippen LogP contribution in [0.5, 0.6) is 0 Å². The number of halogens is 5. The summed E-state index contributed by atoms with van der Waals surface area (Å²) >= 11 is 0. The van der Waals surface area contributed by atoms with Gasteiger partial charge in [0.2, 0.25) is 0 Å². The first-order chi connectivity index (χ1) is 11.7. The fourth-order valence-electron chi connectivity index (χ4n) is 3.97. The number of hydrogen-bond donors (Lipinski definition) is 2. The van der Waals surface area contributed by atoms with E-state index in [1.807, 2.05) is 0 Å². The molecule has 0 aromatic carbocycles. The van der Waals surface area contributed by atoms with Crippen molar-refractivity contribution in [2.75, 3.05) is 0 Å². The molecule has 0 amide bonds. The molecule has 5 nitrogen and oxygen atoms in total. The second-order valence-electron chi connectivity index (χ2n) is 7.14. The standard InChI is InChI=1S/C16H22F5NO4/c1-5-15(13(25)26)8(6-7(2)3)14(4,12(23)24)11(16(19,20)21)22-9(15)10(17)18/h7-10H,5-6H2,1-4H3,(H,23,24)(H,25,26). The number of aliphatic imine (C=N–C) groups is 1. The normalized spacial score (nSPS) is 32.7. The fourth-order valence-corrected chi connectivity index (χ4v) is 3.97. The summed E-state index contributed by atoms with van der Waals surface area (Å²) in [4.78, 5) is 26.9. The van der Waals surface area contributed by atoms with Crippen molar-refractivity contribution >= 4 is 17.7 Å². The number of aliphatic carboxylic acids is 2. The van der Waals surface area contributed by atoms with Gasteiger partial charge >= 0.3 is 18.1 Å². The predicted molar refractivity (Wildman–Crippen MR) is 82.3 cm³/mol. The zero-order valence-corrected chi connectivity index (χ0v) is 14.8. The first-order valence-electron chi connectivity index (χ1n) is 8.07. The van der Waals surface area contributed by atoms with Crippen LogP contribution in [-0.4, -0.2) is 46.5 Å². The van der Waals surface area contributed by atoms with Crippen LogP contribution in [-0.2, 0) is 9.59 Å². The minimum atomic E-state index is -5.28. The van der Waals surface area contributed by atoms with Crippen LogP contribution in [0.25, 0.3) is 0 Å². The third kappa shape index (κ3) is 3.29. The molecule has 1 rings (SSSR count). The van der Waals surface area contributed by atoms with Crippen LogP contribution in [0.2, 0.25) is 0 Å². The summed E-state index contributed by atoms with van der Waals surface area (Å²) in [5.41, 5.74) is -7.05. The van der Waals surface area contributed by atoms with Crippen molar-refractivity contribution < 1.29 is 41.8 Å². The summed E-state index contributed by atoms with van der Waals surface area (Å²) in [5.74, 6) is -5.85. The van der Waals surface area contributed by atoms with Crippen molar-refractivity contribution in [1.29, 1.82) is 0 Å². The summed E-state index contributed by atoms with van der Waals surface area (Å²) in [5, 5.41) is 19.3. The molecule has 1 heterocycles. The van der Waals surface area contributed by atoms with Gasteiger partial charge in [-0.3, -0.25) is 14.6 Å². The van der Waals surface area contributed by atoms with E-state index in [4.69, 9.17) is 0 Å². The molecule has 10 heteroatoms. The van der Waals surface area contributed by atoms with E-state index in [1.165, 1.54) is 6.92 Å². The predicted octanol–water partition coefficient (Wildman–Crippen LogP) is 3.87. The Labute approximate surface area is 147 Å². The van der Waals surface area contributed by atoms with E-state index in [0.29, 0.717) is 0 Å². The Morgan fingerprint density at radius 3 is 1.96 bits per heavy atom. The molecule has 1 aliphatic rings. The maximum atomic E-state index is 13.6. The minimum absolute atomic E-state index is 0.290. The summed E-state index contributed by atoms with van der Waals surface area (Å²) in [6.07, 6.45) is -9.54. The molecule has 0 aliphatic carbocycles. The number of rotatable bonds is 6. The zero-order valence-electron chi connectivity index (χ0n) is 14.8. The second-order valence-corrected chi connectivity index (χ2v) is 7.14.